The van der Waals surface area contributed by atoms with E-state index >= 15 is 0 Å². The van der Waals surface area contributed by atoms with Crippen molar-refractivity contribution in [2.24, 2.45) is 5.73 Å². The Labute approximate surface area is 89.5 Å². The SMILES string of the molecule is Cc1oc2ccccc2c1CCN.Cl. The minimum Gasteiger partial charge on any atom is -0.461 e. The van der Waals surface area contributed by atoms with Gasteiger partial charge >= 0.3 is 0 Å². The molecule has 14 heavy (non-hydrogen) atoms. The van der Waals surface area contributed by atoms with Gasteiger partial charge in [0.05, 0.1) is 0 Å². The number of fused-ring (bicyclic) bond motifs is 1. The number of rotatable bonds is 2. The number of furan rings is 1. The fraction of sp³-hybridized carbons (Fsp3) is 0.273. The van der Waals surface area contributed by atoms with Crippen molar-refractivity contribution >= 4 is 23.4 Å². The number of aryl methyl sites for hydroxylation is 1. The highest BCUT2D eigenvalue weighted by atomic mass is 35.5. The highest BCUT2D eigenvalue weighted by molar-refractivity contribution is 5.85. The van der Waals surface area contributed by atoms with Gasteiger partial charge in [0, 0.05) is 10.9 Å². The molecule has 0 aliphatic heterocycles. The number of hydrogen-bond acceptors (Lipinski definition) is 2. The van der Waals surface area contributed by atoms with Gasteiger partial charge in [0.2, 0.25) is 0 Å². The molecule has 3 heteroatoms. The van der Waals surface area contributed by atoms with E-state index in [0.717, 1.165) is 17.8 Å². The maximum atomic E-state index is 5.60. The van der Waals surface area contributed by atoms with Gasteiger partial charge in [-0.05, 0) is 26.0 Å². The van der Waals surface area contributed by atoms with Gasteiger partial charge in [0.1, 0.15) is 11.3 Å². The third-order valence-electron chi connectivity index (χ3n) is 2.29. The normalized spacial score (nSPS) is 10.1. The summed E-state index contributed by atoms with van der Waals surface area (Å²) in [6.45, 7) is 2.66. The molecule has 0 atom stereocenters. The van der Waals surface area contributed by atoms with Crippen molar-refractivity contribution in [1.82, 2.24) is 0 Å². The van der Waals surface area contributed by atoms with Crippen LogP contribution in [0.15, 0.2) is 28.7 Å². The Kier molecular flexibility index (Phi) is 3.55. The van der Waals surface area contributed by atoms with Gasteiger partial charge in [0.15, 0.2) is 0 Å². The summed E-state index contributed by atoms with van der Waals surface area (Å²) in [6, 6.07) is 8.08. The van der Waals surface area contributed by atoms with Crippen LogP contribution in [0.1, 0.15) is 11.3 Å². The van der Waals surface area contributed by atoms with Gasteiger partial charge in [-0.2, -0.15) is 0 Å². The fourth-order valence-corrected chi connectivity index (χ4v) is 1.68. The van der Waals surface area contributed by atoms with E-state index in [0.29, 0.717) is 6.54 Å². The first-order valence-corrected chi connectivity index (χ1v) is 4.50. The predicted octanol–water partition coefficient (Wildman–Crippen LogP) is 2.66. The third-order valence-corrected chi connectivity index (χ3v) is 2.29. The fourth-order valence-electron chi connectivity index (χ4n) is 1.68. The van der Waals surface area contributed by atoms with E-state index in [4.69, 9.17) is 10.2 Å². The van der Waals surface area contributed by atoms with E-state index in [9.17, 15) is 0 Å². The Morgan fingerprint density at radius 1 is 1.29 bits per heavy atom. The molecule has 0 radical (unpaired) electrons. The van der Waals surface area contributed by atoms with E-state index in [1.165, 1.54) is 10.9 Å². The van der Waals surface area contributed by atoms with Crippen molar-refractivity contribution in [1.29, 1.82) is 0 Å². The minimum atomic E-state index is 0. The van der Waals surface area contributed by atoms with E-state index in [2.05, 4.69) is 6.07 Å². The van der Waals surface area contributed by atoms with Gasteiger partial charge in [-0.1, -0.05) is 18.2 Å². The Morgan fingerprint density at radius 2 is 2.00 bits per heavy atom. The Morgan fingerprint density at radius 3 is 2.71 bits per heavy atom. The smallest absolute Gasteiger partial charge is 0.134 e. The molecule has 0 fully saturated rings. The molecule has 1 aromatic heterocycles. The molecule has 0 bridgehead atoms. The maximum Gasteiger partial charge on any atom is 0.134 e. The first-order chi connectivity index (χ1) is 6.33. The average Bonchev–Trinajstić information content (AvgIpc) is 2.44. The summed E-state index contributed by atoms with van der Waals surface area (Å²) >= 11 is 0. The van der Waals surface area contributed by atoms with Crippen molar-refractivity contribution in [3.63, 3.8) is 0 Å². The van der Waals surface area contributed by atoms with Crippen molar-refractivity contribution in [3.8, 4) is 0 Å². The molecule has 0 aliphatic carbocycles. The molecule has 0 aliphatic rings. The number of nitrogens with two attached hydrogens (primary N) is 1. The number of benzene rings is 1. The monoisotopic (exact) mass is 211 g/mol. The number of hydrogen-bond donors (Lipinski definition) is 1. The molecule has 0 spiro atoms. The van der Waals surface area contributed by atoms with Gasteiger partial charge in [0.25, 0.3) is 0 Å². The van der Waals surface area contributed by atoms with Crippen molar-refractivity contribution < 1.29 is 4.42 Å². The van der Waals surface area contributed by atoms with Crippen LogP contribution in [0.5, 0.6) is 0 Å². The van der Waals surface area contributed by atoms with Crippen molar-refractivity contribution in [2.75, 3.05) is 6.54 Å². The van der Waals surface area contributed by atoms with Crippen LogP contribution in [-0.2, 0) is 6.42 Å². The molecule has 0 amide bonds. The van der Waals surface area contributed by atoms with E-state index in [-0.39, 0.29) is 12.4 Å². The van der Waals surface area contributed by atoms with Gasteiger partial charge < -0.3 is 10.2 Å². The molecule has 0 saturated heterocycles. The Hall–Kier alpha value is -0.990. The Bertz CT molecular complexity index is 422. The summed E-state index contributed by atoms with van der Waals surface area (Å²) in [5.74, 6) is 0.992. The van der Waals surface area contributed by atoms with Crippen LogP contribution >= 0.6 is 12.4 Å². The van der Waals surface area contributed by atoms with Crippen LogP contribution in [-0.4, -0.2) is 6.54 Å². The number of halogens is 1. The number of para-hydroxylation sites is 1. The second kappa shape index (κ2) is 4.49. The standard InChI is InChI=1S/C11H13NO.ClH/c1-8-9(6-7-12)10-4-2-3-5-11(10)13-8;/h2-5H,6-7,12H2,1H3;1H. The second-order valence-corrected chi connectivity index (χ2v) is 3.17. The molecule has 1 heterocycles. The molecule has 2 N–H and O–H groups in total. The molecule has 76 valence electrons. The van der Waals surface area contributed by atoms with E-state index in [1.807, 2.05) is 25.1 Å². The van der Waals surface area contributed by atoms with Crippen LogP contribution in [0, 0.1) is 6.92 Å². The summed E-state index contributed by atoms with van der Waals surface area (Å²) in [4.78, 5) is 0. The quantitative estimate of drug-likeness (QED) is 0.830. The average molecular weight is 212 g/mol. The summed E-state index contributed by atoms with van der Waals surface area (Å²) in [7, 11) is 0. The topological polar surface area (TPSA) is 39.2 Å². The molecular weight excluding hydrogens is 198 g/mol. The molecule has 0 saturated carbocycles. The first kappa shape index (κ1) is 11.1. The lowest BCUT2D eigenvalue weighted by atomic mass is 10.1. The van der Waals surface area contributed by atoms with Crippen molar-refractivity contribution in [3.05, 3.63) is 35.6 Å². The van der Waals surface area contributed by atoms with Crippen LogP contribution < -0.4 is 5.73 Å². The van der Waals surface area contributed by atoms with Gasteiger partial charge in [-0.3, -0.25) is 0 Å². The van der Waals surface area contributed by atoms with Crippen LogP contribution in [0.2, 0.25) is 0 Å². The zero-order valence-corrected chi connectivity index (χ0v) is 8.93. The summed E-state index contributed by atoms with van der Waals surface area (Å²) in [5, 5.41) is 1.20. The second-order valence-electron chi connectivity index (χ2n) is 3.17. The van der Waals surface area contributed by atoms with Crippen LogP contribution in [0.4, 0.5) is 0 Å². The first-order valence-electron chi connectivity index (χ1n) is 4.50. The Balaban J connectivity index is 0.000000980. The largest absolute Gasteiger partial charge is 0.461 e. The highest BCUT2D eigenvalue weighted by Crippen LogP contribution is 2.24. The lowest BCUT2D eigenvalue weighted by molar-refractivity contribution is 0.572. The van der Waals surface area contributed by atoms with E-state index < -0.39 is 0 Å². The molecule has 2 aromatic rings. The lowest BCUT2D eigenvalue weighted by Gasteiger charge is -1.94. The van der Waals surface area contributed by atoms with Crippen LogP contribution in [0.25, 0.3) is 11.0 Å². The zero-order valence-electron chi connectivity index (χ0n) is 8.12. The predicted molar refractivity (Wildman–Crippen MR) is 61.0 cm³/mol. The summed E-state index contributed by atoms with van der Waals surface area (Å²) < 4.78 is 5.60. The molecule has 1 aromatic carbocycles. The highest BCUT2D eigenvalue weighted by Gasteiger charge is 2.08. The third kappa shape index (κ3) is 1.76. The molecular formula is C11H14ClNO. The zero-order chi connectivity index (χ0) is 9.26. The minimum absolute atomic E-state index is 0. The molecule has 2 rings (SSSR count). The van der Waals surface area contributed by atoms with Gasteiger partial charge in [-0.25, -0.2) is 0 Å². The summed E-state index contributed by atoms with van der Waals surface area (Å²) in [6.07, 6.45) is 0.892. The lowest BCUT2D eigenvalue weighted by Crippen LogP contribution is -2.02. The van der Waals surface area contributed by atoms with Crippen LogP contribution in [0.3, 0.4) is 0 Å². The summed E-state index contributed by atoms with van der Waals surface area (Å²) in [5.41, 5.74) is 7.75. The molecule has 2 nitrogen and oxygen atoms in total. The van der Waals surface area contributed by atoms with E-state index in [1.54, 1.807) is 0 Å². The molecule has 0 unspecified atom stereocenters. The van der Waals surface area contributed by atoms with Crippen molar-refractivity contribution in [2.45, 2.75) is 13.3 Å². The maximum absolute atomic E-state index is 5.60. The van der Waals surface area contributed by atoms with Gasteiger partial charge in [-0.15, -0.1) is 12.4 Å².